The van der Waals surface area contributed by atoms with Gasteiger partial charge in [0.25, 0.3) is 0 Å². The number of benzene rings is 1. The molecule has 0 unspecified atom stereocenters. The number of fused-ring (bicyclic) bond motifs is 1. The molecule has 1 saturated carbocycles. The first kappa shape index (κ1) is 19.8. The highest BCUT2D eigenvalue weighted by Crippen LogP contribution is 2.36. The van der Waals surface area contributed by atoms with Gasteiger partial charge in [0.15, 0.2) is 0 Å². The minimum absolute atomic E-state index is 0.00894. The SMILES string of the molecule is C[C@H](C(=O)Nc1ccc(S(=O)(=O)NC2CC2)cc1)N1C(=O)[C@H]2CC=CC[C@@H]2C1=O. The summed E-state index contributed by atoms with van der Waals surface area (Å²) in [6.45, 7) is 1.52. The number of hydrogen-bond acceptors (Lipinski definition) is 5. The highest BCUT2D eigenvalue weighted by Gasteiger charge is 2.50. The number of amides is 3. The summed E-state index contributed by atoms with van der Waals surface area (Å²) in [4.78, 5) is 39.0. The quantitative estimate of drug-likeness (QED) is 0.537. The van der Waals surface area contributed by atoms with Crippen molar-refractivity contribution in [2.24, 2.45) is 11.8 Å². The molecule has 1 aromatic carbocycles. The lowest BCUT2D eigenvalue weighted by Gasteiger charge is -2.22. The summed E-state index contributed by atoms with van der Waals surface area (Å²) in [5.41, 5.74) is 0.394. The number of nitrogens with zero attached hydrogens (tertiary/aromatic N) is 1. The Kier molecular flexibility index (Phi) is 5.04. The van der Waals surface area contributed by atoms with Gasteiger partial charge in [0.2, 0.25) is 27.7 Å². The Morgan fingerprint density at radius 1 is 1.03 bits per heavy atom. The second-order valence-electron chi connectivity index (χ2n) is 7.79. The molecule has 0 spiro atoms. The Balaban J connectivity index is 1.42. The van der Waals surface area contributed by atoms with Crippen LogP contribution in [0.5, 0.6) is 0 Å². The molecular weight excluding hydrogens is 394 g/mol. The monoisotopic (exact) mass is 417 g/mol. The maximum atomic E-state index is 12.6. The molecule has 8 nitrogen and oxygen atoms in total. The molecule has 3 aliphatic rings. The van der Waals surface area contributed by atoms with Crippen molar-refractivity contribution in [2.75, 3.05) is 5.32 Å². The van der Waals surface area contributed by atoms with Crippen LogP contribution in [0.15, 0.2) is 41.3 Å². The second-order valence-corrected chi connectivity index (χ2v) is 9.50. The van der Waals surface area contributed by atoms with E-state index in [9.17, 15) is 22.8 Å². The first-order valence-electron chi connectivity index (χ1n) is 9.73. The Hall–Kier alpha value is -2.52. The molecule has 4 rings (SSSR count). The highest BCUT2D eigenvalue weighted by molar-refractivity contribution is 7.89. The molecule has 1 saturated heterocycles. The number of hydrogen-bond donors (Lipinski definition) is 2. The van der Waals surface area contributed by atoms with Gasteiger partial charge < -0.3 is 5.32 Å². The predicted octanol–water partition coefficient (Wildman–Crippen LogP) is 1.41. The standard InChI is InChI=1S/C20H23N3O5S/c1-12(23-19(25)16-4-2-3-5-17(16)20(23)26)18(24)21-13-8-10-15(11-9-13)29(27,28)22-14-6-7-14/h2-3,8-12,14,16-17,22H,4-7H2,1H3,(H,21,24)/t12-,16+,17+/m1/s1. The topological polar surface area (TPSA) is 113 Å². The van der Waals surface area contributed by atoms with E-state index in [1.165, 1.54) is 31.2 Å². The van der Waals surface area contributed by atoms with E-state index in [1.807, 2.05) is 12.2 Å². The van der Waals surface area contributed by atoms with Crippen molar-refractivity contribution in [2.45, 2.75) is 49.6 Å². The molecule has 154 valence electrons. The Morgan fingerprint density at radius 2 is 1.59 bits per heavy atom. The lowest BCUT2D eigenvalue weighted by Crippen LogP contribution is -2.46. The van der Waals surface area contributed by atoms with E-state index >= 15 is 0 Å². The number of sulfonamides is 1. The molecule has 1 aliphatic heterocycles. The molecule has 1 aromatic rings. The van der Waals surface area contributed by atoms with E-state index in [0.29, 0.717) is 18.5 Å². The third-order valence-corrected chi connectivity index (χ3v) is 7.18. The van der Waals surface area contributed by atoms with Gasteiger partial charge in [0.05, 0.1) is 16.7 Å². The zero-order valence-corrected chi connectivity index (χ0v) is 16.8. The van der Waals surface area contributed by atoms with E-state index in [-0.39, 0.29) is 34.6 Å². The van der Waals surface area contributed by atoms with Gasteiger partial charge in [-0.1, -0.05) is 12.2 Å². The third kappa shape index (κ3) is 3.84. The van der Waals surface area contributed by atoms with Gasteiger partial charge in [-0.15, -0.1) is 0 Å². The molecule has 3 atom stereocenters. The smallest absolute Gasteiger partial charge is 0.247 e. The van der Waals surface area contributed by atoms with E-state index in [4.69, 9.17) is 0 Å². The van der Waals surface area contributed by atoms with Crippen LogP contribution < -0.4 is 10.0 Å². The first-order valence-corrected chi connectivity index (χ1v) is 11.2. The molecule has 29 heavy (non-hydrogen) atoms. The van der Waals surface area contributed by atoms with Crippen LogP contribution in [0.4, 0.5) is 5.69 Å². The van der Waals surface area contributed by atoms with E-state index in [0.717, 1.165) is 17.7 Å². The molecular formula is C20H23N3O5S. The zero-order valence-electron chi connectivity index (χ0n) is 16.0. The minimum atomic E-state index is -3.56. The summed E-state index contributed by atoms with van der Waals surface area (Å²) in [7, 11) is -3.56. The molecule has 0 bridgehead atoms. The Bertz CT molecular complexity index is 956. The summed E-state index contributed by atoms with van der Waals surface area (Å²) in [5.74, 6) is -1.87. The van der Waals surface area contributed by atoms with Crippen LogP contribution >= 0.6 is 0 Å². The van der Waals surface area contributed by atoms with Gasteiger partial charge >= 0.3 is 0 Å². The summed E-state index contributed by atoms with van der Waals surface area (Å²) < 4.78 is 27.0. The van der Waals surface area contributed by atoms with E-state index in [1.54, 1.807) is 0 Å². The van der Waals surface area contributed by atoms with Crippen LogP contribution in [0.3, 0.4) is 0 Å². The summed E-state index contributed by atoms with van der Waals surface area (Å²) >= 11 is 0. The molecule has 3 amide bonds. The number of likely N-dealkylation sites (tertiary alicyclic amines) is 1. The van der Waals surface area contributed by atoms with Gasteiger partial charge in [-0.25, -0.2) is 13.1 Å². The average Bonchev–Trinajstić information content (AvgIpc) is 3.47. The maximum Gasteiger partial charge on any atom is 0.247 e. The van der Waals surface area contributed by atoms with E-state index < -0.39 is 22.0 Å². The number of carbonyl (C=O) groups excluding carboxylic acids is 3. The van der Waals surface area contributed by atoms with Gasteiger partial charge in [-0.2, -0.15) is 0 Å². The number of rotatable bonds is 6. The molecule has 2 N–H and O–H groups in total. The van der Waals surface area contributed by atoms with Crippen LogP contribution in [-0.2, 0) is 24.4 Å². The fraction of sp³-hybridized carbons (Fsp3) is 0.450. The van der Waals surface area contributed by atoms with Crippen LogP contribution in [0.25, 0.3) is 0 Å². The third-order valence-electron chi connectivity index (χ3n) is 5.64. The fourth-order valence-corrected chi connectivity index (χ4v) is 5.08. The van der Waals surface area contributed by atoms with Crippen LogP contribution in [-0.4, -0.2) is 43.1 Å². The van der Waals surface area contributed by atoms with Crippen molar-refractivity contribution in [3.8, 4) is 0 Å². The first-order chi connectivity index (χ1) is 13.8. The molecule has 1 heterocycles. The lowest BCUT2D eigenvalue weighted by atomic mass is 9.85. The van der Waals surface area contributed by atoms with Crippen molar-refractivity contribution >= 4 is 33.4 Å². The number of nitrogens with one attached hydrogen (secondary N) is 2. The number of imide groups is 1. The van der Waals surface area contributed by atoms with Gasteiger partial charge in [-0.3, -0.25) is 19.3 Å². The molecule has 9 heteroatoms. The highest BCUT2D eigenvalue weighted by atomic mass is 32.2. The van der Waals surface area contributed by atoms with Gasteiger partial charge in [0.1, 0.15) is 6.04 Å². The minimum Gasteiger partial charge on any atom is -0.324 e. The zero-order chi connectivity index (χ0) is 20.8. The Labute approximate surface area is 169 Å². The number of anilines is 1. The summed E-state index contributed by atoms with van der Waals surface area (Å²) in [6, 6.07) is 4.87. The molecule has 2 aliphatic carbocycles. The van der Waals surface area contributed by atoms with Crippen LogP contribution in [0.1, 0.15) is 32.6 Å². The second kappa shape index (κ2) is 7.38. The average molecular weight is 417 g/mol. The molecule has 2 fully saturated rings. The fourth-order valence-electron chi connectivity index (χ4n) is 3.78. The predicted molar refractivity (Wildman–Crippen MR) is 105 cm³/mol. The van der Waals surface area contributed by atoms with Gasteiger partial charge in [-0.05, 0) is 56.9 Å². The lowest BCUT2D eigenvalue weighted by molar-refractivity contribution is -0.146. The van der Waals surface area contributed by atoms with Crippen LogP contribution in [0.2, 0.25) is 0 Å². The number of allylic oxidation sites excluding steroid dienone is 2. The number of carbonyl (C=O) groups is 3. The summed E-state index contributed by atoms with van der Waals surface area (Å²) in [5, 5.41) is 2.66. The van der Waals surface area contributed by atoms with Crippen LogP contribution in [0, 0.1) is 11.8 Å². The molecule has 0 radical (unpaired) electrons. The summed E-state index contributed by atoms with van der Waals surface area (Å²) in [6.07, 6.45) is 6.52. The largest absolute Gasteiger partial charge is 0.324 e. The van der Waals surface area contributed by atoms with Crippen molar-refractivity contribution < 1.29 is 22.8 Å². The van der Waals surface area contributed by atoms with Crippen molar-refractivity contribution in [3.05, 3.63) is 36.4 Å². The maximum absolute atomic E-state index is 12.6. The molecule has 0 aromatic heterocycles. The van der Waals surface area contributed by atoms with Gasteiger partial charge in [0, 0.05) is 11.7 Å². The normalized spacial score (nSPS) is 25.1. The Morgan fingerprint density at radius 3 is 2.10 bits per heavy atom. The van der Waals surface area contributed by atoms with Crippen molar-refractivity contribution in [3.63, 3.8) is 0 Å². The van der Waals surface area contributed by atoms with E-state index in [2.05, 4.69) is 10.0 Å². The van der Waals surface area contributed by atoms with Crippen molar-refractivity contribution in [1.82, 2.24) is 9.62 Å². The van der Waals surface area contributed by atoms with Crippen molar-refractivity contribution in [1.29, 1.82) is 0 Å².